The van der Waals surface area contributed by atoms with Crippen LogP contribution in [-0.4, -0.2) is 12.6 Å². The monoisotopic (exact) mass is 262 g/mol. The predicted octanol–water partition coefficient (Wildman–Crippen LogP) is 3.49. The lowest BCUT2D eigenvalue weighted by Crippen LogP contribution is -2.34. The van der Waals surface area contributed by atoms with Crippen molar-refractivity contribution in [1.29, 1.82) is 5.26 Å². The highest BCUT2D eigenvalue weighted by molar-refractivity contribution is 5.36. The van der Waals surface area contributed by atoms with E-state index < -0.39 is 0 Å². The van der Waals surface area contributed by atoms with E-state index in [1.54, 1.807) is 6.08 Å². The molecular weight excluding hydrogens is 244 g/mol. The minimum absolute atomic E-state index is 0.0161. The molecule has 0 amide bonds. The minimum atomic E-state index is -0.280. The lowest BCUT2D eigenvalue weighted by atomic mass is 9.85. The van der Waals surface area contributed by atoms with Gasteiger partial charge in [0.05, 0.1) is 6.07 Å². The summed E-state index contributed by atoms with van der Waals surface area (Å²) >= 11 is 0. The molecule has 0 aliphatic heterocycles. The van der Waals surface area contributed by atoms with Crippen molar-refractivity contribution in [3.8, 4) is 6.07 Å². The average molecular weight is 262 g/mol. The van der Waals surface area contributed by atoms with Crippen LogP contribution in [0.3, 0.4) is 0 Å². The van der Waals surface area contributed by atoms with E-state index in [1.807, 2.05) is 36.4 Å². The molecule has 0 heterocycles. The van der Waals surface area contributed by atoms with Gasteiger partial charge in [-0.3, -0.25) is 5.32 Å². The van der Waals surface area contributed by atoms with Gasteiger partial charge in [-0.1, -0.05) is 66.7 Å². The van der Waals surface area contributed by atoms with Crippen molar-refractivity contribution in [3.05, 3.63) is 84.4 Å². The molecule has 0 radical (unpaired) electrons. The molecule has 20 heavy (non-hydrogen) atoms. The number of nitriles is 1. The maximum Gasteiger partial charge on any atom is 0.107 e. The number of hydrogen-bond donors (Lipinski definition) is 1. The van der Waals surface area contributed by atoms with Crippen molar-refractivity contribution in [1.82, 2.24) is 5.32 Å². The molecule has 2 aromatic rings. The number of nitrogens with one attached hydrogen (secondary N) is 1. The second-order valence-electron chi connectivity index (χ2n) is 4.60. The van der Waals surface area contributed by atoms with E-state index in [9.17, 15) is 5.26 Å². The van der Waals surface area contributed by atoms with Gasteiger partial charge in [0.25, 0.3) is 0 Å². The van der Waals surface area contributed by atoms with Gasteiger partial charge in [-0.15, -0.1) is 6.58 Å². The Hall–Kier alpha value is -2.37. The summed E-state index contributed by atoms with van der Waals surface area (Å²) in [4.78, 5) is 0. The van der Waals surface area contributed by atoms with E-state index in [-0.39, 0.29) is 12.0 Å². The van der Waals surface area contributed by atoms with Gasteiger partial charge in [-0.25, -0.2) is 0 Å². The van der Waals surface area contributed by atoms with Crippen LogP contribution in [0.2, 0.25) is 0 Å². The van der Waals surface area contributed by atoms with Crippen molar-refractivity contribution >= 4 is 0 Å². The van der Waals surface area contributed by atoms with E-state index in [2.05, 4.69) is 42.2 Å². The highest BCUT2D eigenvalue weighted by atomic mass is 14.9. The lowest BCUT2D eigenvalue weighted by Gasteiger charge is -2.23. The molecule has 2 rings (SSSR count). The van der Waals surface area contributed by atoms with Gasteiger partial charge < -0.3 is 0 Å². The number of nitrogens with zero attached hydrogens (tertiary/aromatic N) is 1. The second kappa shape index (κ2) is 7.28. The van der Waals surface area contributed by atoms with Crippen molar-refractivity contribution in [2.75, 3.05) is 6.54 Å². The largest absolute Gasteiger partial charge is 0.298 e. The average Bonchev–Trinajstić information content (AvgIpc) is 2.53. The smallest absolute Gasteiger partial charge is 0.107 e. The van der Waals surface area contributed by atoms with Crippen LogP contribution in [0.4, 0.5) is 0 Å². The molecule has 2 aromatic carbocycles. The molecule has 1 atom stereocenters. The summed E-state index contributed by atoms with van der Waals surface area (Å²) in [6.07, 6.45) is 1.78. The van der Waals surface area contributed by atoms with Gasteiger partial charge in [-0.2, -0.15) is 5.26 Å². The van der Waals surface area contributed by atoms with Crippen LogP contribution in [0.15, 0.2) is 73.3 Å². The van der Waals surface area contributed by atoms with Gasteiger partial charge in [0.2, 0.25) is 0 Å². The zero-order valence-corrected chi connectivity index (χ0v) is 11.4. The predicted molar refractivity (Wildman–Crippen MR) is 82.3 cm³/mol. The summed E-state index contributed by atoms with van der Waals surface area (Å²) in [5.74, 6) is 0.0161. The van der Waals surface area contributed by atoms with Gasteiger partial charge in [0, 0.05) is 12.5 Å². The van der Waals surface area contributed by atoms with E-state index in [4.69, 9.17) is 0 Å². The highest BCUT2D eigenvalue weighted by Gasteiger charge is 2.23. The molecule has 2 nitrogen and oxygen atoms in total. The molecule has 0 saturated heterocycles. The summed E-state index contributed by atoms with van der Waals surface area (Å²) in [6.45, 7) is 4.32. The van der Waals surface area contributed by atoms with Crippen molar-refractivity contribution in [2.24, 2.45) is 0 Å². The molecule has 0 aliphatic carbocycles. The fraction of sp³-hybridized carbons (Fsp3) is 0.167. The van der Waals surface area contributed by atoms with Gasteiger partial charge >= 0.3 is 0 Å². The van der Waals surface area contributed by atoms with Gasteiger partial charge in [0.1, 0.15) is 6.04 Å². The Kier molecular flexibility index (Phi) is 5.11. The highest BCUT2D eigenvalue weighted by Crippen LogP contribution is 2.27. The molecule has 100 valence electrons. The molecule has 0 saturated carbocycles. The molecule has 0 fully saturated rings. The standard InChI is InChI=1S/C18H18N2/c1-2-13-20-17(14-19)18(15-9-5-3-6-10-15)16-11-7-4-8-12-16/h2-12,17-18,20H,1,13H2. The Labute approximate surface area is 120 Å². The first-order valence-electron chi connectivity index (χ1n) is 6.70. The third kappa shape index (κ3) is 3.34. The van der Waals surface area contributed by atoms with Crippen molar-refractivity contribution < 1.29 is 0 Å². The molecule has 1 N–H and O–H groups in total. The number of rotatable bonds is 6. The van der Waals surface area contributed by atoms with E-state index in [0.717, 1.165) is 11.1 Å². The van der Waals surface area contributed by atoms with Crippen LogP contribution in [0.5, 0.6) is 0 Å². The summed E-state index contributed by atoms with van der Waals surface area (Å²) in [5.41, 5.74) is 2.28. The quantitative estimate of drug-likeness (QED) is 0.809. The Morgan fingerprint density at radius 2 is 1.50 bits per heavy atom. The molecule has 0 aromatic heterocycles. The number of hydrogen-bond acceptors (Lipinski definition) is 2. The zero-order valence-electron chi connectivity index (χ0n) is 11.4. The Balaban J connectivity index is 2.39. The summed E-state index contributed by atoms with van der Waals surface area (Å²) < 4.78 is 0. The van der Waals surface area contributed by atoms with Crippen molar-refractivity contribution in [3.63, 3.8) is 0 Å². The molecule has 0 aliphatic rings. The maximum atomic E-state index is 9.50. The van der Waals surface area contributed by atoms with E-state index in [1.165, 1.54) is 0 Å². The summed E-state index contributed by atoms with van der Waals surface area (Å²) in [6, 6.07) is 22.4. The fourth-order valence-electron chi connectivity index (χ4n) is 2.35. The molecule has 1 unspecified atom stereocenters. The Bertz CT molecular complexity index is 530. The summed E-state index contributed by atoms with van der Waals surface area (Å²) in [5, 5.41) is 12.7. The second-order valence-corrected chi connectivity index (χ2v) is 4.60. The molecule has 0 bridgehead atoms. The van der Waals surface area contributed by atoms with Crippen LogP contribution in [0, 0.1) is 11.3 Å². The SMILES string of the molecule is C=CCNC(C#N)C(c1ccccc1)c1ccccc1. The topological polar surface area (TPSA) is 35.8 Å². The zero-order chi connectivity index (χ0) is 14.2. The third-order valence-corrected chi connectivity index (χ3v) is 3.27. The first-order chi connectivity index (χ1) is 9.86. The molecule has 2 heteroatoms. The molecular formula is C18H18N2. The number of benzene rings is 2. The first kappa shape index (κ1) is 14.0. The van der Waals surface area contributed by atoms with Gasteiger partial charge in [-0.05, 0) is 11.1 Å². The Morgan fingerprint density at radius 1 is 1.00 bits per heavy atom. The maximum absolute atomic E-state index is 9.50. The molecule has 0 spiro atoms. The van der Waals surface area contributed by atoms with Crippen LogP contribution in [-0.2, 0) is 0 Å². The van der Waals surface area contributed by atoms with E-state index >= 15 is 0 Å². The lowest BCUT2D eigenvalue weighted by molar-refractivity contribution is 0.581. The fourth-order valence-corrected chi connectivity index (χ4v) is 2.35. The van der Waals surface area contributed by atoms with Crippen LogP contribution >= 0.6 is 0 Å². The van der Waals surface area contributed by atoms with Crippen LogP contribution in [0.25, 0.3) is 0 Å². The summed E-state index contributed by atoms with van der Waals surface area (Å²) in [7, 11) is 0. The third-order valence-electron chi connectivity index (χ3n) is 3.27. The van der Waals surface area contributed by atoms with Crippen LogP contribution in [0.1, 0.15) is 17.0 Å². The first-order valence-corrected chi connectivity index (χ1v) is 6.70. The normalized spacial score (nSPS) is 11.8. The Morgan fingerprint density at radius 3 is 1.90 bits per heavy atom. The van der Waals surface area contributed by atoms with Gasteiger partial charge in [0.15, 0.2) is 0 Å². The van der Waals surface area contributed by atoms with Crippen LogP contribution < -0.4 is 5.32 Å². The van der Waals surface area contributed by atoms with Crippen molar-refractivity contribution in [2.45, 2.75) is 12.0 Å². The minimum Gasteiger partial charge on any atom is -0.298 e. The van der Waals surface area contributed by atoms with E-state index in [0.29, 0.717) is 6.54 Å².